The Kier molecular flexibility index (Phi) is 5.71. The van der Waals surface area contributed by atoms with Gasteiger partial charge in [-0.2, -0.15) is 5.26 Å². The summed E-state index contributed by atoms with van der Waals surface area (Å²) in [4.78, 5) is 12.2. The molecule has 27 heavy (non-hydrogen) atoms. The van der Waals surface area contributed by atoms with E-state index < -0.39 is 11.7 Å². The van der Waals surface area contributed by atoms with Crippen LogP contribution in [-0.2, 0) is 11.3 Å². The molecule has 9 heteroatoms. The average Bonchev–Trinajstić information content (AvgIpc) is 3.08. The summed E-state index contributed by atoms with van der Waals surface area (Å²) in [5.41, 5.74) is 1.12. The van der Waals surface area contributed by atoms with E-state index in [0.717, 1.165) is 26.6 Å². The van der Waals surface area contributed by atoms with E-state index in [1.165, 1.54) is 0 Å². The van der Waals surface area contributed by atoms with Gasteiger partial charge in [0.2, 0.25) is 0 Å². The number of carbonyl (C=O) groups excluding carboxylic acids is 1. The summed E-state index contributed by atoms with van der Waals surface area (Å²) < 4.78 is 13.9. The summed E-state index contributed by atoms with van der Waals surface area (Å²) in [6.45, 7) is 6.05. The molecule has 0 spiro atoms. The molecule has 0 aliphatic carbocycles. The van der Waals surface area contributed by atoms with Crippen LogP contribution in [-0.4, -0.2) is 22.9 Å². The SMILES string of the molecule is CC(C)(C)OC(=O)N[C@H]1CCn2c1c(I)c1c(OCC#N)cc(Cl)c(Cl)c12. The van der Waals surface area contributed by atoms with Crippen LogP contribution in [0.1, 0.15) is 38.9 Å². The molecule has 1 amide bonds. The van der Waals surface area contributed by atoms with Crippen molar-refractivity contribution in [1.29, 1.82) is 5.26 Å². The number of hydrogen-bond acceptors (Lipinski definition) is 4. The fraction of sp³-hybridized carbons (Fsp3) is 0.444. The quantitative estimate of drug-likeness (QED) is 0.547. The number of nitrogens with zero attached hydrogens (tertiary/aromatic N) is 2. The summed E-state index contributed by atoms with van der Waals surface area (Å²) in [6.07, 6.45) is 0.254. The van der Waals surface area contributed by atoms with Crippen LogP contribution in [0.3, 0.4) is 0 Å². The van der Waals surface area contributed by atoms with Crippen molar-refractivity contribution in [1.82, 2.24) is 9.88 Å². The Bertz CT molecular complexity index is 960. The number of aromatic nitrogens is 1. The number of rotatable bonds is 3. The molecular formula is C18H18Cl2IN3O3. The minimum absolute atomic E-state index is 0.0940. The molecule has 0 fully saturated rings. The van der Waals surface area contributed by atoms with E-state index in [9.17, 15) is 4.79 Å². The lowest BCUT2D eigenvalue weighted by atomic mass is 10.1. The van der Waals surface area contributed by atoms with Gasteiger partial charge < -0.3 is 19.4 Å². The van der Waals surface area contributed by atoms with Crippen LogP contribution >= 0.6 is 45.8 Å². The molecule has 0 saturated heterocycles. The van der Waals surface area contributed by atoms with Gasteiger partial charge in [-0.25, -0.2) is 4.79 Å². The third-order valence-corrected chi connectivity index (χ3v) is 5.99. The van der Waals surface area contributed by atoms with Gasteiger partial charge in [-0.15, -0.1) is 0 Å². The summed E-state index contributed by atoms with van der Waals surface area (Å²) in [5.74, 6) is 0.503. The Labute approximate surface area is 180 Å². The molecule has 1 aliphatic heterocycles. The number of nitriles is 1. The molecule has 1 aromatic carbocycles. The first-order valence-corrected chi connectivity index (χ1v) is 10.2. The highest BCUT2D eigenvalue weighted by molar-refractivity contribution is 14.1. The van der Waals surface area contributed by atoms with Crippen LogP contribution in [0.25, 0.3) is 10.9 Å². The zero-order valence-corrected chi connectivity index (χ0v) is 18.7. The van der Waals surface area contributed by atoms with E-state index >= 15 is 0 Å². The van der Waals surface area contributed by atoms with Crippen molar-refractivity contribution in [3.63, 3.8) is 0 Å². The van der Waals surface area contributed by atoms with Crippen molar-refractivity contribution in [2.75, 3.05) is 6.61 Å². The van der Waals surface area contributed by atoms with E-state index in [1.54, 1.807) is 6.07 Å². The third-order valence-electron chi connectivity index (χ3n) is 4.12. The zero-order valence-electron chi connectivity index (χ0n) is 15.0. The number of carbonyl (C=O) groups is 1. The van der Waals surface area contributed by atoms with Gasteiger partial charge in [-0.3, -0.25) is 0 Å². The standard InChI is InChI=1S/C18H18Cl2IN3O3/c1-18(2,3)27-17(25)23-10-4-6-24-15(10)14(21)12-11(26-7-5-22)8-9(19)13(20)16(12)24/h8,10H,4,6-7H2,1-3H3,(H,23,25)/t10-/m0/s1. The van der Waals surface area contributed by atoms with Gasteiger partial charge in [0.15, 0.2) is 6.61 Å². The minimum atomic E-state index is -0.572. The molecule has 2 aromatic rings. The Balaban J connectivity index is 2.05. The second kappa shape index (κ2) is 7.57. The van der Waals surface area contributed by atoms with Crippen molar-refractivity contribution in [3.8, 4) is 11.8 Å². The van der Waals surface area contributed by atoms with Crippen LogP contribution in [0.5, 0.6) is 5.75 Å². The number of halogens is 3. The van der Waals surface area contributed by atoms with Crippen LogP contribution in [0.4, 0.5) is 4.79 Å². The second-order valence-electron chi connectivity index (χ2n) is 7.18. The molecule has 2 heterocycles. The van der Waals surface area contributed by atoms with Crippen molar-refractivity contribution in [3.05, 3.63) is 25.4 Å². The lowest BCUT2D eigenvalue weighted by molar-refractivity contribution is 0.0503. The number of amides is 1. The van der Waals surface area contributed by atoms with E-state index in [2.05, 4.69) is 27.9 Å². The molecular weight excluding hydrogens is 504 g/mol. The molecule has 0 saturated carbocycles. The highest BCUT2D eigenvalue weighted by atomic mass is 127. The second-order valence-corrected chi connectivity index (χ2v) is 9.04. The predicted molar refractivity (Wildman–Crippen MR) is 113 cm³/mol. The molecule has 0 bridgehead atoms. The first-order chi connectivity index (χ1) is 12.6. The molecule has 3 rings (SSSR count). The van der Waals surface area contributed by atoms with Gasteiger partial charge in [0.25, 0.3) is 0 Å². The molecule has 0 radical (unpaired) electrons. The largest absolute Gasteiger partial charge is 0.478 e. The van der Waals surface area contributed by atoms with E-state index in [1.807, 2.05) is 31.4 Å². The van der Waals surface area contributed by atoms with Gasteiger partial charge in [-0.1, -0.05) is 23.2 Å². The molecule has 6 nitrogen and oxygen atoms in total. The zero-order chi connectivity index (χ0) is 19.9. The van der Waals surface area contributed by atoms with Crippen LogP contribution in [0, 0.1) is 14.9 Å². The first-order valence-electron chi connectivity index (χ1n) is 8.33. The van der Waals surface area contributed by atoms with E-state index in [4.69, 9.17) is 37.9 Å². The highest BCUT2D eigenvalue weighted by Crippen LogP contribution is 2.46. The van der Waals surface area contributed by atoms with Crippen molar-refractivity contribution >= 4 is 62.8 Å². The molecule has 1 aliphatic rings. The predicted octanol–water partition coefficient (Wildman–Crippen LogP) is 5.42. The number of fused-ring (bicyclic) bond motifs is 3. The normalized spacial score (nSPS) is 16.1. The topological polar surface area (TPSA) is 76.3 Å². The smallest absolute Gasteiger partial charge is 0.408 e. The fourth-order valence-electron chi connectivity index (χ4n) is 3.21. The van der Waals surface area contributed by atoms with Crippen LogP contribution < -0.4 is 10.1 Å². The van der Waals surface area contributed by atoms with Gasteiger partial charge in [0.1, 0.15) is 17.4 Å². The number of aryl methyl sites for hydroxylation is 1. The number of nitrogens with one attached hydrogen (secondary N) is 1. The average molecular weight is 522 g/mol. The van der Waals surface area contributed by atoms with E-state index in [0.29, 0.717) is 22.3 Å². The maximum absolute atomic E-state index is 12.2. The number of ether oxygens (including phenoxy) is 2. The number of alkyl carbamates (subject to hydrolysis) is 1. The van der Waals surface area contributed by atoms with Crippen molar-refractivity contribution in [2.24, 2.45) is 0 Å². The number of benzene rings is 1. The molecule has 1 aromatic heterocycles. The Morgan fingerprint density at radius 3 is 2.81 bits per heavy atom. The highest BCUT2D eigenvalue weighted by Gasteiger charge is 2.33. The summed E-state index contributed by atoms with van der Waals surface area (Å²) in [6, 6.07) is 3.37. The molecule has 144 valence electrons. The summed E-state index contributed by atoms with van der Waals surface area (Å²) in [7, 11) is 0. The Morgan fingerprint density at radius 1 is 1.48 bits per heavy atom. The summed E-state index contributed by atoms with van der Waals surface area (Å²) in [5, 5.41) is 13.4. The van der Waals surface area contributed by atoms with Crippen LogP contribution in [0.2, 0.25) is 10.0 Å². The number of hydrogen-bond donors (Lipinski definition) is 1. The van der Waals surface area contributed by atoms with Crippen LogP contribution in [0.15, 0.2) is 6.07 Å². The van der Waals surface area contributed by atoms with Gasteiger partial charge in [0.05, 0.1) is 32.7 Å². The van der Waals surface area contributed by atoms with Gasteiger partial charge in [0, 0.05) is 16.2 Å². The lowest BCUT2D eigenvalue weighted by Crippen LogP contribution is -2.34. The minimum Gasteiger partial charge on any atom is -0.478 e. The first kappa shape index (κ1) is 20.4. The monoisotopic (exact) mass is 521 g/mol. The van der Waals surface area contributed by atoms with Gasteiger partial charge >= 0.3 is 6.09 Å². The molecule has 1 atom stereocenters. The maximum atomic E-state index is 12.2. The van der Waals surface area contributed by atoms with Crippen molar-refractivity contribution < 1.29 is 14.3 Å². The fourth-order valence-corrected chi connectivity index (χ4v) is 4.83. The molecule has 0 unspecified atom stereocenters. The maximum Gasteiger partial charge on any atom is 0.408 e. The third kappa shape index (κ3) is 3.93. The lowest BCUT2D eigenvalue weighted by Gasteiger charge is -2.21. The molecule has 1 N–H and O–H groups in total. The Morgan fingerprint density at radius 2 is 2.19 bits per heavy atom. The van der Waals surface area contributed by atoms with E-state index in [-0.39, 0.29) is 12.6 Å². The Hall–Kier alpha value is -1.37. The van der Waals surface area contributed by atoms with Crippen molar-refractivity contribution in [2.45, 2.75) is 45.4 Å². The summed E-state index contributed by atoms with van der Waals surface area (Å²) >= 11 is 15.0. The van der Waals surface area contributed by atoms with Gasteiger partial charge in [-0.05, 0) is 49.8 Å².